The van der Waals surface area contributed by atoms with E-state index >= 15 is 0 Å². The zero-order valence-electron chi connectivity index (χ0n) is 22.0. The van der Waals surface area contributed by atoms with Crippen molar-refractivity contribution in [1.29, 1.82) is 0 Å². The Labute approximate surface area is 245 Å². The number of hydrogen-bond donors (Lipinski definition) is 9. The lowest BCUT2D eigenvalue weighted by molar-refractivity contribution is -0.0534. The molecule has 12 N–H and O–H groups in total. The summed E-state index contributed by atoms with van der Waals surface area (Å²) in [5.41, 5.74) is 16.7. The maximum atomic E-state index is 12.4. The Balaban J connectivity index is 1.16. The van der Waals surface area contributed by atoms with Gasteiger partial charge in [-0.1, -0.05) is 0 Å². The van der Waals surface area contributed by atoms with Crippen LogP contribution in [0.15, 0.2) is 19.0 Å². The highest BCUT2D eigenvalue weighted by Crippen LogP contribution is 2.60. The molecular weight excluding hydrogens is 640 g/mol. The summed E-state index contributed by atoms with van der Waals surface area (Å²) in [7, 11) is -10.8. The number of amides is 1. The van der Waals surface area contributed by atoms with Crippen molar-refractivity contribution in [2.75, 3.05) is 24.7 Å². The van der Waals surface area contributed by atoms with Gasteiger partial charge in [-0.15, -0.1) is 0 Å². The van der Waals surface area contributed by atoms with Gasteiger partial charge in [0.05, 0.1) is 25.9 Å². The van der Waals surface area contributed by atoms with Crippen LogP contribution in [-0.4, -0.2) is 115 Å². The lowest BCUT2D eigenvalue weighted by atomic mass is 10.1. The summed E-state index contributed by atoms with van der Waals surface area (Å²) >= 11 is 0. The summed E-state index contributed by atoms with van der Waals surface area (Å²) in [6.07, 6.45) is -8.98. The normalized spacial score (nSPS) is 31.7. The van der Waals surface area contributed by atoms with Crippen LogP contribution < -0.4 is 17.2 Å². The predicted octanol–water partition coefficient (Wildman–Crippen LogP) is -3.52. The first-order valence-electron chi connectivity index (χ1n) is 12.3. The molecule has 10 atom stereocenters. The van der Waals surface area contributed by atoms with Gasteiger partial charge in [0.1, 0.15) is 54.3 Å². The van der Waals surface area contributed by atoms with E-state index in [4.69, 9.17) is 26.7 Å². The number of aromatic nitrogens is 6. The molecule has 44 heavy (non-hydrogen) atoms. The molecule has 1 amide bonds. The van der Waals surface area contributed by atoms with E-state index in [9.17, 15) is 44.1 Å². The average molecular weight is 667 g/mol. The number of phosphoric acid groups is 2. The number of carbonyl (C=O) groups is 1. The topological polar surface area (TPSA) is 358 Å². The number of anilines is 2. The zero-order chi connectivity index (χ0) is 32.1. The summed E-state index contributed by atoms with van der Waals surface area (Å²) in [6.45, 7) is -1.87. The van der Waals surface area contributed by atoms with E-state index in [-0.39, 0.29) is 28.5 Å². The second-order valence-corrected chi connectivity index (χ2v) is 12.6. The van der Waals surface area contributed by atoms with Crippen LogP contribution in [0, 0.1) is 0 Å². The fourth-order valence-electron chi connectivity index (χ4n) is 4.53. The molecule has 23 nitrogen and oxygen atoms in total. The van der Waals surface area contributed by atoms with Crippen molar-refractivity contribution < 1.29 is 67.0 Å². The molecule has 242 valence electrons. The molecule has 25 heteroatoms. The highest BCUT2D eigenvalue weighted by Gasteiger charge is 2.48. The number of hydrogen-bond acceptors (Lipinski definition) is 18. The Morgan fingerprint density at radius 3 is 1.89 bits per heavy atom. The molecule has 0 aliphatic carbocycles. The van der Waals surface area contributed by atoms with E-state index in [1.165, 1.54) is 10.9 Å². The highest BCUT2D eigenvalue weighted by atomic mass is 31.3. The van der Waals surface area contributed by atoms with Crippen LogP contribution in [0.2, 0.25) is 0 Å². The van der Waals surface area contributed by atoms with E-state index in [2.05, 4.69) is 33.3 Å². The van der Waals surface area contributed by atoms with Gasteiger partial charge in [-0.25, -0.2) is 29.1 Å². The van der Waals surface area contributed by atoms with Gasteiger partial charge in [0.2, 0.25) is 0 Å². The lowest BCUT2D eigenvalue weighted by Crippen LogP contribution is -2.34. The minimum absolute atomic E-state index is 0.0439. The fraction of sp³-hybridized carbons (Fsp3) is 0.526. The summed E-state index contributed by atoms with van der Waals surface area (Å²) < 4.78 is 51.6. The fourth-order valence-corrected chi connectivity index (χ4v) is 6.62. The predicted molar refractivity (Wildman–Crippen MR) is 139 cm³/mol. The molecule has 0 bridgehead atoms. The van der Waals surface area contributed by atoms with Gasteiger partial charge in [-0.2, -0.15) is 4.31 Å². The van der Waals surface area contributed by atoms with E-state index in [0.717, 1.165) is 17.2 Å². The zero-order valence-corrected chi connectivity index (χ0v) is 23.8. The van der Waals surface area contributed by atoms with Crippen LogP contribution in [-0.2, 0) is 32.0 Å². The Bertz CT molecular complexity index is 1640. The minimum atomic E-state index is -5.40. The smallest absolute Gasteiger partial charge is 0.387 e. The second-order valence-electron chi connectivity index (χ2n) is 9.54. The maximum Gasteiger partial charge on any atom is 0.481 e. The van der Waals surface area contributed by atoms with Gasteiger partial charge >= 0.3 is 15.6 Å². The number of imidazole rings is 2. The van der Waals surface area contributed by atoms with Crippen molar-refractivity contribution >= 4 is 44.4 Å². The van der Waals surface area contributed by atoms with Crippen LogP contribution in [0.4, 0.5) is 11.6 Å². The lowest BCUT2D eigenvalue weighted by Gasteiger charge is -2.20. The van der Waals surface area contributed by atoms with Crippen molar-refractivity contribution in [3.63, 3.8) is 0 Å². The molecule has 2 fully saturated rings. The van der Waals surface area contributed by atoms with Gasteiger partial charge in [0.15, 0.2) is 29.6 Å². The van der Waals surface area contributed by atoms with Gasteiger partial charge in [0.25, 0.3) is 5.91 Å². The van der Waals surface area contributed by atoms with E-state index in [1.807, 2.05) is 0 Å². The molecule has 0 spiro atoms. The number of nitrogens with two attached hydrogens (primary N) is 3. The third-order valence-corrected chi connectivity index (χ3v) is 9.29. The molecule has 4 unspecified atom stereocenters. The largest absolute Gasteiger partial charge is 0.481 e. The third-order valence-electron chi connectivity index (χ3n) is 6.69. The van der Waals surface area contributed by atoms with Crippen molar-refractivity contribution in [3.8, 4) is 0 Å². The Kier molecular flexibility index (Phi) is 8.78. The van der Waals surface area contributed by atoms with Gasteiger partial charge in [-0.05, 0) is 0 Å². The van der Waals surface area contributed by atoms with Crippen LogP contribution in [0.1, 0.15) is 22.9 Å². The Morgan fingerprint density at radius 2 is 1.36 bits per heavy atom. The molecule has 2 aliphatic rings. The highest BCUT2D eigenvalue weighted by molar-refractivity contribution is 7.61. The number of primary amides is 1. The molecule has 2 saturated heterocycles. The minimum Gasteiger partial charge on any atom is -0.387 e. The summed E-state index contributed by atoms with van der Waals surface area (Å²) in [6, 6.07) is 0. The Morgan fingerprint density at radius 1 is 0.841 bits per heavy atom. The third kappa shape index (κ3) is 6.19. The van der Waals surface area contributed by atoms with Crippen molar-refractivity contribution in [2.24, 2.45) is 5.73 Å². The molecule has 3 aromatic rings. The number of nitrogens with zero attached hydrogens (tertiary/aromatic N) is 6. The number of phosphoric ester groups is 2. The number of aliphatic hydroxyl groups is 4. The molecule has 0 aromatic carbocycles. The SMILES string of the molecule is NC(=O)c1ncn(C2O[C@H](COP(=O)(O)OP(=O)(O)OC[C@H]3OC(n4cnc5c(N)ncnc54)[C@H](O)[C@@H]3O)[C@H](O)[C@@H]2O)c1N. The average Bonchev–Trinajstić information content (AvgIpc) is 3.68. The summed E-state index contributed by atoms with van der Waals surface area (Å²) in [4.78, 5) is 46.9. The Hall–Kier alpha value is -3.15. The molecule has 2 aliphatic heterocycles. The van der Waals surface area contributed by atoms with Crippen LogP contribution >= 0.6 is 15.6 Å². The molecule has 0 radical (unpaired) electrons. The number of rotatable bonds is 11. The number of ether oxygens (including phenoxy) is 2. The molecular formula is C19H27N9O14P2. The first kappa shape index (κ1) is 32.2. The van der Waals surface area contributed by atoms with Crippen molar-refractivity contribution in [3.05, 3.63) is 24.7 Å². The second kappa shape index (κ2) is 12.0. The van der Waals surface area contributed by atoms with Crippen LogP contribution in [0.25, 0.3) is 11.2 Å². The van der Waals surface area contributed by atoms with Gasteiger partial charge < -0.3 is 56.9 Å². The van der Waals surface area contributed by atoms with E-state index in [1.54, 1.807) is 0 Å². The van der Waals surface area contributed by atoms with Crippen molar-refractivity contribution in [1.82, 2.24) is 29.1 Å². The number of carbonyl (C=O) groups excluding carboxylic acids is 1. The molecule has 5 heterocycles. The monoisotopic (exact) mass is 667 g/mol. The number of nitrogen functional groups attached to an aromatic ring is 2. The van der Waals surface area contributed by atoms with Gasteiger partial charge in [0, 0.05) is 0 Å². The van der Waals surface area contributed by atoms with E-state index < -0.39 is 83.8 Å². The standard InChI is InChI=1S/C19H27N9O14P2/c20-14-8-17(24-3-23-14)28(5-25-8)19-13(32)11(30)7(41-19)2-39-44(36,37)42-43(34,35)38-1-6-10(29)12(31)18(40-6)27-4-26-9(15(27)21)16(22)33/h3-7,10-13,18-19,29-32H,1-2,21H2,(H2,22,33)(H,34,35)(H,36,37)(H2,20,23,24)/t6-,7-,10+,11-,12+,13-,18?,19?/m1/s1. The van der Waals surface area contributed by atoms with Crippen LogP contribution in [0.5, 0.6) is 0 Å². The van der Waals surface area contributed by atoms with Crippen molar-refractivity contribution in [2.45, 2.75) is 49.1 Å². The molecule has 5 rings (SSSR count). The maximum absolute atomic E-state index is 12.4. The summed E-state index contributed by atoms with van der Waals surface area (Å²) in [5, 5.41) is 41.5. The molecule has 0 saturated carbocycles. The first-order chi connectivity index (χ1) is 20.6. The number of aliphatic hydroxyl groups excluding tert-OH is 4. The quantitative estimate of drug-likeness (QED) is 0.0894. The summed E-state index contributed by atoms with van der Waals surface area (Å²) in [5.74, 6) is -1.22. The molecule has 3 aromatic heterocycles. The van der Waals surface area contributed by atoms with E-state index in [0.29, 0.717) is 0 Å². The first-order valence-corrected chi connectivity index (χ1v) is 15.3. The number of fused-ring (bicyclic) bond motifs is 1. The van der Waals surface area contributed by atoms with Gasteiger partial charge in [-0.3, -0.25) is 23.0 Å². The van der Waals surface area contributed by atoms with Crippen LogP contribution in [0.3, 0.4) is 0 Å².